The molecule has 0 amide bonds. The fourth-order valence-corrected chi connectivity index (χ4v) is 1.63. The molecule has 0 saturated carbocycles. The number of hydrogen-bond donors (Lipinski definition) is 1. The van der Waals surface area contributed by atoms with Crippen LogP contribution in [0.4, 0.5) is 0 Å². The third-order valence-electron chi connectivity index (χ3n) is 2.92. The van der Waals surface area contributed by atoms with Crippen LogP contribution in [-0.4, -0.2) is 9.78 Å². The van der Waals surface area contributed by atoms with Crippen molar-refractivity contribution in [1.29, 1.82) is 0 Å². The zero-order valence-electron chi connectivity index (χ0n) is 10.4. The van der Waals surface area contributed by atoms with E-state index in [0.29, 0.717) is 6.04 Å². The Morgan fingerprint density at radius 1 is 1.41 bits per heavy atom. The van der Waals surface area contributed by atoms with E-state index in [1.54, 1.807) is 12.5 Å². The lowest BCUT2D eigenvalue weighted by atomic mass is 10.3. The van der Waals surface area contributed by atoms with E-state index in [-0.39, 0.29) is 0 Å². The molecule has 2 heterocycles. The normalized spacial score (nSPS) is 12.8. The van der Waals surface area contributed by atoms with Gasteiger partial charge in [-0.25, -0.2) is 0 Å². The fourth-order valence-electron chi connectivity index (χ4n) is 1.63. The minimum absolute atomic E-state index is 0.470. The van der Waals surface area contributed by atoms with Gasteiger partial charge in [-0.05, 0) is 25.5 Å². The molecule has 0 spiro atoms. The second kappa shape index (κ2) is 5.68. The van der Waals surface area contributed by atoms with E-state index in [4.69, 9.17) is 4.42 Å². The van der Waals surface area contributed by atoms with Gasteiger partial charge in [-0.2, -0.15) is 5.10 Å². The van der Waals surface area contributed by atoms with Crippen molar-refractivity contribution in [1.82, 2.24) is 15.1 Å². The van der Waals surface area contributed by atoms with Crippen molar-refractivity contribution in [2.75, 3.05) is 0 Å². The maximum absolute atomic E-state index is 5.01. The molecule has 17 heavy (non-hydrogen) atoms. The van der Waals surface area contributed by atoms with Crippen LogP contribution in [-0.2, 0) is 13.1 Å². The van der Waals surface area contributed by atoms with E-state index >= 15 is 0 Å². The molecule has 0 aliphatic carbocycles. The molecule has 0 fully saturated rings. The van der Waals surface area contributed by atoms with Gasteiger partial charge in [0.2, 0.25) is 0 Å². The molecule has 1 unspecified atom stereocenters. The number of nitrogens with one attached hydrogen (secondary N) is 1. The van der Waals surface area contributed by atoms with Crippen molar-refractivity contribution in [3.63, 3.8) is 0 Å². The summed E-state index contributed by atoms with van der Waals surface area (Å²) in [6.45, 7) is 5.94. The summed E-state index contributed by atoms with van der Waals surface area (Å²) < 4.78 is 7.03. The van der Waals surface area contributed by atoms with Crippen LogP contribution in [0, 0.1) is 0 Å². The molecule has 2 aromatic rings. The van der Waals surface area contributed by atoms with Crippen molar-refractivity contribution in [3.05, 3.63) is 42.1 Å². The molecular weight excluding hydrogens is 214 g/mol. The van der Waals surface area contributed by atoms with Crippen molar-refractivity contribution in [3.8, 4) is 0 Å². The van der Waals surface area contributed by atoms with Gasteiger partial charge in [-0.15, -0.1) is 0 Å². The summed E-state index contributed by atoms with van der Waals surface area (Å²) in [5.41, 5.74) is 2.24. The minimum atomic E-state index is 0.470. The average Bonchev–Trinajstić information content (AvgIpc) is 2.99. The maximum Gasteiger partial charge on any atom is 0.0947 e. The number of hydrogen-bond acceptors (Lipinski definition) is 3. The van der Waals surface area contributed by atoms with E-state index in [1.807, 2.05) is 16.9 Å². The van der Waals surface area contributed by atoms with Crippen LogP contribution in [0.25, 0.3) is 0 Å². The topological polar surface area (TPSA) is 43.0 Å². The highest BCUT2D eigenvalue weighted by atomic mass is 16.3. The smallest absolute Gasteiger partial charge is 0.0947 e. The molecule has 0 bridgehead atoms. The molecule has 1 atom stereocenters. The molecule has 92 valence electrons. The first kappa shape index (κ1) is 11.9. The van der Waals surface area contributed by atoms with Gasteiger partial charge >= 0.3 is 0 Å². The van der Waals surface area contributed by atoms with Gasteiger partial charge in [0.05, 0.1) is 18.2 Å². The zero-order valence-corrected chi connectivity index (χ0v) is 10.4. The predicted octanol–water partition coefficient (Wildman–Crippen LogP) is 2.74. The molecule has 0 aliphatic heterocycles. The van der Waals surface area contributed by atoms with E-state index in [1.165, 1.54) is 0 Å². The summed E-state index contributed by atoms with van der Waals surface area (Å²) in [7, 11) is 0. The summed E-state index contributed by atoms with van der Waals surface area (Å²) in [5, 5.41) is 7.87. The highest BCUT2D eigenvalue weighted by Gasteiger charge is 2.04. The van der Waals surface area contributed by atoms with Gasteiger partial charge in [-0.1, -0.05) is 6.92 Å². The lowest BCUT2D eigenvalue weighted by Crippen LogP contribution is -2.13. The SMILES string of the molecule is CCC(C)n1ccc(CNCc2ccoc2)n1. The third-order valence-corrected chi connectivity index (χ3v) is 2.92. The maximum atomic E-state index is 5.01. The molecule has 4 nitrogen and oxygen atoms in total. The fraction of sp³-hybridized carbons (Fsp3) is 0.462. The lowest BCUT2D eigenvalue weighted by Gasteiger charge is -2.08. The highest BCUT2D eigenvalue weighted by molar-refractivity contribution is 5.05. The summed E-state index contributed by atoms with van der Waals surface area (Å²) in [6, 6.07) is 4.50. The van der Waals surface area contributed by atoms with E-state index < -0.39 is 0 Å². The number of aromatic nitrogens is 2. The van der Waals surface area contributed by atoms with E-state index in [2.05, 4.69) is 30.3 Å². The van der Waals surface area contributed by atoms with Crippen LogP contribution in [0.15, 0.2) is 35.3 Å². The molecule has 2 rings (SSSR count). The Morgan fingerprint density at radius 2 is 2.29 bits per heavy atom. The van der Waals surface area contributed by atoms with Gasteiger partial charge in [0.15, 0.2) is 0 Å². The van der Waals surface area contributed by atoms with Crippen LogP contribution in [0.5, 0.6) is 0 Å². The highest BCUT2D eigenvalue weighted by Crippen LogP contribution is 2.09. The zero-order chi connectivity index (χ0) is 12.1. The molecule has 0 saturated heterocycles. The number of rotatable bonds is 6. The molecule has 1 N–H and O–H groups in total. The molecule has 0 radical (unpaired) electrons. The van der Waals surface area contributed by atoms with Crippen molar-refractivity contribution in [2.24, 2.45) is 0 Å². The average molecular weight is 233 g/mol. The van der Waals surface area contributed by atoms with Crippen LogP contribution < -0.4 is 5.32 Å². The first-order chi connectivity index (χ1) is 8.29. The molecule has 4 heteroatoms. The molecule has 0 aromatic carbocycles. The first-order valence-corrected chi connectivity index (χ1v) is 6.05. The monoisotopic (exact) mass is 233 g/mol. The van der Waals surface area contributed by atoms with Crippen LogP contribution in [0.2, 0.25) is 0 Å². The van der Waals surface area contributed by atoms with E-state index in [9.17, 15) is 0 Å². The Morgan fingerprint density at radius 3 is 3.00 bits per heavy atom. The van der Waals surface area contributed by atoms with Gasteiger partial charge in [0.1, 0.15) is 0 Å². The largest absolute Gasteiger partial charge is 0.472 e. The quantitative estimate of drug-likeness (QED) is 0.834. The summed E-state index contributed by atoms with van der Waals surface area (Å²) in [4.78, 5) is 0. The molecular formula is C13H19N3O. The first-order valence-electron chi connectivity index (χ1n) is 6.05. The minimum Gasteiger partial charge on any atom is -0.472 e. The van der Waals surface area contributed by atoms with Gasteiger partial charge in [0.25, 0.3) is 0 Å². The Balaban J connectivity index is 1.81. The second-order valence-corrected chi connectivity index (χ2v) is 4.28. The Kier molecular flexibility index (Phi) is 3.98. The van der Waals surface area contributed by atoms with Gasteiger partial charge in [-0.3, -0.25) is 4.68 Å². The predicted molar refractivity (Wildman–Crippen MR) is 66.5 cm³/mol. The van der Waals surface area contributed by atoms with Crippen molar-refractivity contribution >= 4 is 0 Å². The van der Waals surface area contributed by atoms with Crippen LogP contribution in [0.3, 0.4) is 0 Å². The number of nitrogens with zero attached hydrogens (tertiary/aromatic N) is 2. The Hall–Kier alpha value is -1.55. The van der Waals surface area contributed by atoms with Crippen LogP contribution in [0.1, 0.15) is 37.6 Å². The lowest BCUT2D eigenvalue weighted by molar-refractivity contribution is 0.471. The Labute approximate surface area is 102 Å². The standard InChI is InChI=1S/C13H19N3O/c1-3-11(2)16-6-4-13(15-16)9-14-8-12-5-7-17-10-12/h4-7,10-11,14H,3,8-9H2,1-2H3. The van der Waals surface area contributed by atoms with Crippen LogP contribution >= 0.6 is 0 Å². The summed E-state index contributed by atoms with van der Waals surface area (Å²) in [6.07, 6.45) is 6.59. The molecule has 2 aromatic heterocycles. The summed E-state index contributed by atoms with van der Waals surface area (Å²) >= 11 is 0. The van der Waals surface area contributed by atoms with Gasteiger partial charge in [0, 0.05) is 30.9 Å². The van der Waals surface area contributed by atoms with Crippen molar-refractivity contribution < 1.29 is 4.42 Å². The Bertz CT molecular complexity index is 433. The summed E-state index contributed by atoms with van der Waals surface area (Å²) in [5.74, 6) is 0. The van der Waals surface area contributed by atoms with E-state index in [0.717, 1.165) is 30.8 Å². The number of furan rings is 1. The molecule has 0 aliphatic rings. The third kappa shape index (κ3) is 3.20. The second-order valence-electron chi connectivity index (χ2n) is 4.28. The van der Waals surface area contributed by atoms with Gasteiger partial charge < -0.3 is 9.73 Å². The van der Waals surface area contributed by atoms with Crippen molar-refractivity contribution in [2.45, 2.75) is 39.4 Å².